The van der Waals surface area contributed by atoms with Crippen LogP contribution in [-0.2, 0) is 6.54 Å². The Labute approximate surface area is 108 Å². The first-order chi connectivity index (χ1) is 8.13. The smallest absolute Gasteiger partial charge is 0.0791 e. The van der Waals surface area contributed by atoms with Crippen LogP contribution in [0.25, 0.3) is 0 Å². The molecule has 0 aliphatic rings. The van der Waals surface area contributed by atoms with Gasteiger partial charge >= 0.3 is 0 Å². The van der Waals surface area contributed by atoms with E-state index in [0.717, 1.165) is 23.7 Å². The molecule has 1 unspecified atom stereocenters. The molecule has 1 aromatic carbocycles. The quantitative estimate of drug-likeness (QED) is 0.780. The summed E-state index contributed by atoms with van der Waals surface area (Å²) in [4.78, 5) is 2.07. The molecule has 0 spiro atoms. The van der Waals surface area contributed by atoms with Crippen molar-refractivity contribution in [2.75, 3.05) is 26.7 Å². The topological polar surface area (TPSA) is 35.5 Å². The lowest BCUT2D eigenvalue weighted by atomic mass is 10.2. The number of nitrogens with one attached hydrogen (secondary N) is 1. The first-order valence-corrected chi connectivity index (χ1v) is 6.32. The monoisotopic (exact) mass is 256 g/mol. The Morgan fingerprint density at radius 1 is 1.41 bits per heavy atom. The normalized spacial score (nSPS) is 13.0. The van der Waals surface area contributed by atoms with E-state index in [4.69, 9.17) is 11.6 Å². The van der Waals surface area contributed by atoms with E-state index in [-0.39, 0.29) is 6.10 Å². The van der Waals surface area contributed by atoms with Crippen LogP contribution >= 0.6 is 11.6 Å². The van der Waals surface area contributed by atoms with Crippen LogP contribution in [0.4, 0.5) is 0 Å². The SMILES string of the molecule is CCNCC(O)CN(C)Cc1ccccc1Cl. The van der Waals surface area contributed by atoms with Gasteiger partial charge in [0.05, 0.1) is 6.10 Å². The van der Waals surface area contributed by atoms with Gasteiger partial charge in [0.2, 0.25) is 0 Å². The molecule has 4 heteroatoms. The van der Waals surface area contributed by atoms with Crippen molar-refractivity contribution in [2.45, 2.75) is 19.6 Å². The highest BCUT2D eigenvalue weighted by molar-refractivity contribution is 6.31. The molecule has 96 valence electrons. The van der Waals surface area contributed by atoms with Gasteiger partial charge in [-0.05, 0) is 25.2 Å². The first kappa shape index (κ1) is 14.5. The lowest BCUT2D eigenvalue weighted by molar-refractivity contribution is 0.122. The molecule has 0 radical (unpaired) electrons. The van der Waals surface area contributed by atoms with Crippen LogP contribution in [0.2, 0.25) is 5.02 Å². The van der Waals surface area contributed by atoms with Gasteiger partial charge in [0.15, 0.2) is 0 Å². The lowest BCUT2D eigenvalue weighted by Gasteiger charge is -2.21. The lowest BCUT2D eigenvalue weighted by Crippen LogP contribution is -2.36. The summed E-state index contributed by atoms with van der Waals surface area (Å²) in [6.07, 6.45) is -0.345. The fraction of sp³-hybridized carbons (Fsp3) is 0.538. The fourth-order valence-electron chi connectivity index (χ4n) is 1.72. The average molecular weight is 257 g/mol. The van der Waals surface area contributed by atoms with Crippen molar-refractivity contribution in [2.24, 2.45) is 0 Å². The summed E-state index contributed by atoms with van der Waals surface area (Å²) >= 11 is 6.09. The van der Waals surface area contributed by atoms with E-state index < -0.39 is 0 Å². The van der Waals surface area contributed by atoms with Gasteiger partial charge in [0, 0.05) is 24.7 Å². The van der Waals surface area contributed by atoms with Crippen LogP contribution in [-0.4, -0.2) is 42.8 Å². The van der Waals surface area contributed by atoms with Crippen molar-refractivity contribution in [3.8, 4) is 0 Å². The molecule has 17 heavy (non-hydrogen) atoms. The van der Waals surface area contributed by atoms with E-state index in [1.165, 1.54) is 0 Å². The van der Waals surface area contributed by atoms with Gasteiger partial charge in [-0.1, -0.05) is 36.7 Å². The minimum absolute atomic E-state index is 0.345. The standard InChI is InChI=1S/C13H21ClN2O/c1-3-15-8-12(17)10-16(2)9-11-6-4-5-7-13(11)14/h4-7,12,15,17H,3,8-10H2,1-2H3. The summed E-state index contributed by atoms with van der Waals surface area (Å²) in [5.74, 6) is 0. The van der Waals surface area contributed by atoms with Crippen molar-refractivity contribution in [3.05, 3.63) is 34.9 Å². The molecule has 0 aliphatic carbocycles. The largest absolute Gasteiger partial charge is 0.390 e. The first-order valence-electron chi connectivity index (χ1n) is 5.94. The van der Waals surface area contributed by atoms with Gasteiger partial charge < -0.3 is 10.4 Å². The molecule has 0 amide bonds. The molecule has 1 aromatic rings. The van der Waals surface area contributed by atoms with Gasteiger partial charge in [-0.3, -0.25) is 4.90 Å². The van der Waals surface area contributed by atoms with Crippen LogP contribution in [0, 0.1) is 0 Å². The van der Waals surface area contributed by atoms with Crippen molar-refractivity contribution < 1.29 is 5.11 Å². The molecule has 1 atom stereocenters. The number of aliphatic hydroxyl groups excluding tert-OH is 1. The highest BCUT2D eigenvalue weighted by Crippen LogP contribution is 2.16. The molecule has 0 saturated heterocycles. The minimum Gasteiger partial charge on any atom is -0.390 e. The zero-order valence-corrected chi connectivity index (χ0v) is 11.2. The van der Waals surface area contributed by atoms with E-state index in [9.17, 15) is 5.11 Å². The van der Waals surface area contributed by atoms with Crippen LogP contribution in [0.3, 0.4) is 0 Å². The van der Waals surface area contributed by atoms with Gasteiger partial charge in [0.1, 0.15) is 0 Å². The minimum atomic E-state index is -0.345. The summed E-state index contributed by atoms with van der Waals surface area (Å²) in [7, 11) is 1.98. The van der Waals surface area contributed by atoms with Crippen molar-refractivity contribution in [1.82, 2.24) is 10.2 Å². The van der Waals surface area contributed by atoms with E-state index in [0.29, 0.717) is 13.1 Å². The Hall–Kier alpha value is -0.610. The number of hydrogen-bond acceptors (Lipinski definition) is 3. The summed E-state index contributed by atoms with van der Waals surface area (Å²) in [5, 5.41) is 13.7. The number of halogens is 1. The van der Waals surface area contributed by atoms with Gasteiger partial charge in [-0.15, -0.1) is 0 Å². The third-order valence-electron chi connectivity index (χ3n) is 2.55. The van der Waals surface area contributed by atoms with Crippen LogP contribution < -0.4 is 5.32 Å². The highest BCUT2D eigenvalue weighted by atomic mass is 35.5. The maximum absolute atomic E-state index is 9.76. The molecule has 0 aliphatic heterocycles. The van der Waals surface area contributed by atoms with Crippen LogP contribution in [0.15, 0.2) is 24.3 Å². The Balaban J connectivity index is 2.39. The second-order valence-electron chi connectivity index (χ2n) is 4.25. The van der Waals surface area contributed by atoms with Crippen molar-refractivity contribution in [3.63, 3.8) is 0 Å². The number of aliphatic hydroxyl groups is 1. The summed E-state index contributed by atoms with van der Waals surface area (Å²) in [5.41, 5.74) is 1.09. The Bertz CT molecular complexity index is 333. The predicted molar refractivity (Wildman–Crippen MR) is 72.3 cm³/mol. The van der Waals surface area contributed by atoms with E-state index in [1.54, 1.807) is 0 Å². The molecule has 0 bridgehead atoms. The number of hydrogen-bond donors (Lipinski definition) is 2. The van der Waals surface area contributed by atoms with Gasteiger partial charge in [-0.25, -0.2) is 0 Å². The second kappa shape index (κ2) is 7.67. The molecule has 0 aromatic heterocycles. The number of rotatable bonds is 7. The molecule has 0 heterocycles. The third kappa shape index (κ3) is 5.50. The van der Waals surface area contributed by atoms with Crippen molar-refractivity contribution >= 4 is 11.6 Å². The summed E-state index contributed by atoms with van der Waals surface area (Å²) in [6.45, 7) is 4.93. The maximum Gasteiger partial charge on any atom is 0.0791 e. The zero-order chi connectivity index (χ0) is 12.7. The Morgan fingerprint density at radius 3 is 2.76 bits per heavy atom. The van der Waals surface area contributed by atoms with Gasteiger partial charge in [-0.2, -0.15) is 0 Å². The van der Waals surface area contributed by atoms with E-state index >= 15 is 0 Å². The van der Waals surface area contributed by atoms with E-state index in [1.807, 2.05) is 38.2 Å². The molecule has 0 fully saturated rings. The van der Waals surface area contributed by atoms with E-state index in [2.05, 4.69) is 10.2 Å². The number of likely N-dealkylation sites (N-methyl/N-ethyl adjacent to an activating group) is 2. The van der Waals surface area contributed by atoms with Crippen molar-refractivity contribution in [1.29, 1.82) is 0 Å². The molecular weight excluding hydrogens is 236 g/mol. The second-order valence-corrected chi connectivity index (χ2v) is 4.66. The molecule has 1 rings (SSSR count). The predicted octanol–water partition coefficient (Wildman–Crippen LogP) is 1.74. The van der Waals surface area contributed by atoms with Crippen LogP contribution in [0.5, 0.6) is 0 Å². The van der Waals surface area contributed by atoms with Gasteiger partial charge in [0.25, 0.3) is 0 Å². The average Bonchev–Trinajstić information content (AvgIpc) is 2.29. The number of nitrogens with zero attached hydrogens (tertiary/aromatic N) is 1. The maximum atomic E-state index is 9.76. The number of benzene rings is 1. The molecule has 0 saturated carbocycles. The molecule has 2 N–H and O–H groups in total. The Morgan fingerprint density at radius 2 is 2.12 bits per heavy atom. The zero-order valence-electron chi connectivity index (χ0n) is 10.5. The third-order valence-corrected chi connectivity index (χ3v) is 2.92. The summed E-state index contributed by atoms with van der Waals surface area (Å²) in [6, 6.07) is 7.80. The van der Waals surface area contributed by atoms with Crippen LogP contribution in [0.1, 0.15) is 12.5 Å². The fourth-order valence-corrected chi connectivity index (χ4v) is 1.91. The highest BCUT2D eigenvalue weighted by Gasteiger charge is 2.09. The summed E-state index contributed by atoms with van der Waals surface area (Å²) < 4.78 is 0. The Kier molecular flexibility index (Phi) is 6.52. The molecule has 3 nitrogen and oxygen atoms in total. The molecular formula is C13H21ClN2O.